The summed E-state index contributed by atoms with van der Waals surface area (Å²) in [6.45, 7) is 0. The van der Waals surface area contributed by atoms with Crippen molar-refractivity contribution < 1.29 is 9.50 Å². The Morgan fingerprint density at radius 2 is 2.15 bits per heavy atom. The van der Waals surface area contributed by atoms with Gasteiger partial charge in [0.2, 0.25) is 0 Å². The Balaban J connectivity index is 2.95. The molecule has 0 aliphatic rings. The van der Waals surface area contributed by atoms with Gasteiger partial charge < -0.3 is 16.6 Å². The van der Waals surface area contributed by atoms with Crippen LogP contribution in [0, 0.1) is 5.82 Å². The summed E-state index contributed by atoms with van der Waals surface area (Å²) in [4.78, 5) is 3.83. The number of anilines is 2. The summed E-state index contributed by atoms with van der Waals surface area (Å²) in [5.41, 5.74) is 11.4. The lowest BCUT2D eigenvalue weighted by molar-refractivity contribution is 0.437. The van der Waals surface area contributed by atoms with E-state index in [1.807, 2.05) is 0 Å². The van der Waals surface area contributed by atoms with Crippen molar-refractivity contribution in [3.63, 3.8) is 0 Å². The molecule has 0 atom stereocenters. The third kappa shape index (κ3) is 1.06. The van der Waals surface area contributed by atoms with E-state index in [2.05, 4.69) is 4.98 Å². The predicted octanol–water partition coefficient (Wildman–Crippen LogP) is 1.31. The number of benzene rings is 1. The Labute approximate surface area is 76.6 Å². The molecule has 13 heavy (non-hydrogen) atoms. The summed E-state index contributed by atoms with van der Waals surface area (Å²) in [7, 11) is 0. The van der Waals surface area contributed by atoms with E-state index in [-0.39, 0.29) is 15.5 Å². The van der Waals surface area contributed by atoms with Crippen molar-refractivity contribution in [2.45, 2.75) is 0 Å². The molecule has 5 N–H and O–H groups in total. The van der Waals surface area contributed by atoms with Crippen LogP contribution in [-0.2, 0) is 0 Å². The highest BCUT2D eigenvalue weighted by Crippen LogP contribution is 2.35. The highest BCUT2D eigenvalue weighted by atomic mass is 32.1. The fourth-order valence-electron chi connectivity index (χ4n) is 1.08. The van der Waals surface area contributed by atoms with E-state index in [0.29, 0.717) is 5.52 Å². The number of hydrogen-bond donors (Lipinski definition) is 3. The van der Waals surface area contributed by atoms with Crippen LogP contribution in [0.5, 0.6) is 5.75 Å². The maximum Gasteiger partial charge on any atom is 0.184 e. The van der Waals surface area contributed by atoms with Gasteiger partial charge in [0.1, 0.15) is 5.52 Å². The molecule has 0 spiro atoms. The molecule has 68 valence electrons. The Hall–Kier alpha value is -1.56. The Morgan fingerprint density at radius 1 is 1.46 bits per heavy atom. The van der Waals surface area contributed by atoms with Crippen molar-refractivity contribution in [1.29, 1.82) is 0 Å². The normalized spacial score (nSPS) is 10.8. The monoisotopic (exact) mass is 199 g/mol. The maximum absolute atomic E-state index is 13.2. The summed E-state index contributed by atoms with van der Waals surface area (Å²) in [6.07, 6.45) is 0. The van der Waals surface area contributed by atoms with Gasteiger partial charge in [0.05, 0.1) is 10.4 Å². The summed E-state index contributed by atoms with van der Waals surface area (Å²) >= 11 is 0.959. The SMILES string of the molecule is Nc1nc2c(N)cc(O)c(F)c2s1. The lowest BCUT2D eigenvalue weighted by atomic mass is 10.2. The number of fused-ring (bicyclic) bond motifs is 1. The second-order valence-corrected chi connectivity index (χ2v) is 3.56. The Bertz CT molecular complexity index is 482. The minimum absolute atomic E-state index is 0.190. The van der Waals surface area contributed by atoms with Crippen LogP contribution >= 0.6 is 11.3 Å². The zero-order valence-electron chi connectivity index (χ0n) is 6.41. The topological polar surface area (TPSA) is 85.2 Å². The molecule has 0 amide bonds. The van der Waals surface area contributed by atoms with E-state index in [9.17, 15) is 4.39 Å². The van der Waals surface area contributed by atoms with Crippen LogP contribution in [-0.4, -0.2) is 10.1 Å². The third-order valence-corrected chi connectivity index (χ3v) is 2.51. The van der Waals surface area contributed by atoms with Crippen LogP contribution in [0.25, 0.3) is 10.2 Å². The van der Waals surface area contributed by atoms with E-state index in [1.165, 1.54) is 0 Å². The van der Waals surface area contributed by atoms with Crippen LogP contribution in [0.4, 0.5) is 15.2 Å². The average Bonchev–Trinajstić information content (AvgIpc) is 2.44. The minimum Gasteiger partial charge on any atom is -0.505 e. The summed E-state index contributed by atoms with van der Waals surface area (Å²) < 4.78 is 13.4. The van der Waals surface area contributed by atoms with E-state index >= 15 is 0 Å². The number of phenolic OH excluding ortho intramolecular Hbond substituents is 1. The van der Waals surface area contributed by atoms with Gasteiger partial charge in [0.25, 0.3) is 0 Å². The fraction of sp³-hybridized carbons (Fsp3) is 0. The number of rotatable bonds is 0. The maximum atomic E-state index is 13.2. The molecule has 1 heterocycles. The van der Waals surface area contributed by atoms with E-state index < -0.39 is 11.6 Å². The molecule has 4 nitrogen and oxygen atoms in total. The first-order valence-corrected chi connectivity index (χ1v) is 4.24. The smallest absolute Gasteiger partial charge is 0.184 e. The Morgan fingerprint density at radius 3 is 2.85 bits per heavy atom. The minimum atomic E-state index is -0.724. The molecule has 0 saturated carbocycles. The van der Waals surface area contributed by atoms with Crippen molar-refractivity contribution in [2.75, 3.05) is 11.5 Å². The lowest BCUT2D eigenvalue weighted by Gasteiger charge is -1.98. The molecule has 0 radical (unpaired) electrons. The van der Waals surface area contributed by atoms with Gasteiger partial charge >= 0.3 is 0 Å². The van der Waals surface area contributed by atoms with Crippen molar-refractivity contribution in [3.8, 4) is 5.75 Å². The highest BCUT2D eigenvalue weighted by Gasteiger charge is 2.13. The molecular formula is C7H6FN3OS. The van der Waals surface area contributed by atoms with Crippen LogP contribution in [0.1, 0.15) is 0 Å². The number of hydrogen-bond acceptors (Lipinski definition) is 5. The number of aromatic hydroxyl groups is 1. The highest BCUT2D eigenvalue weighted by molar-refractivity contribution is 7.22. The first-order chi connectivity index (χ1) is 6.09. The zero-order chi connectivity index (χ0) is 9.59. The molecule has 0 bridgehead atoms. The molecule has 0 aliphatic carbocycles. The molecule has 0 unspecified atom stereocenters. The first kappa shape index (κ1) is 8.06. The number of nitrogens with two attached hydrogens (primary N) is 2. The van der Waals surface area contributed by atoms with Crippen molar-refractivity contribution in [3.05, 3.63) is 11.9 Å². The van der Waals surface area contributed by atoms with Crippen molar-refractivity contribution >= 4 is 32.4 Å². The zero-order valence-corrected chi connectivity index (χ0v) is 7.23. The Kier molecular flexibility index (Phi) is 1.53. The number of aromatic nitrogens is 1. The number of thiazole rings is 1. The molecule has 6 heteroatoms. The van der Waals surface area contributed by atoms with Gasteiger partial charge in [-0.05, 0) is 0 Å². The lowest BCUT2D eigenvalue weighted by Crippen LogP contribution is -1.89. The third-order valence-electron chi connectivity index (χ3n) is 1.63. The number of nitrogens with zero attached hydrogens (tertiary/aromatic N) is 1. The van der Waals surface area contributed by atoms with Crippen LogP contribution in [0.15, 0.2) is 6.07 Å². The van der Waals surface area contributed by atoms with E-state index in [4.69, 9.17) is 16.6 Å². The van der Waals surface area contributed by atoms with Crippen molar-refractivity contribution in [1.82, 2.24) is 4.98 Å². The quantitative estimate of drug-likeness (QED) is 0.558. The van der Waals surface area contributed by atoms with Gasteiger partial charge in [-0.2, -0.15) is 0 Å². The number of nitrogen functional groups attached to an aromatic ring is 2. The summed E-state index contributed by atoms with van der Waals surface area (Å²) in [5.74, 6) is -1.20. The molecule has 0 saturated heterocycles. The van der Waals surface area contributed by atoms with Gasteiger partial charge in [0.15, 0.2) is 16.7 Å². The van der Waals surface area contributed by atoms with E-state index in [0.717, 1.165) is 17.4 Å². The van der Waals surface area contributed by atoms with Gasteiger partial charge in [0, 0.05) is 6.07 Å². The standard InChI is InChI=1S/C7H6FN3OS/c8-4-3(12)1-2(9)5-6(4)13-7(10)11-5/h1,12H,9H2,(H2,10,11). The van der Waals surface area contributed by atoms with Gasteiger partial charge in [-0.1, -0.05) is 11.3 Å². The second kappa shape index (κ2) is 2.46. The summed E-state index contributed by atoms with van der Waals surface area (Å²) in [5, 5.41) is 9.32. The van der Waals surface area contributed by atoms with Gasteiger partial charge in [-0.25, -0.2) is 9.37 Å². The van der Waals surface area contributed by atoms with Gasteiger partial charge in [-0.3, -0.25) is 0 Å². The van der Waals surface area contributed by atoms with Crippen LogP contribution < -0.4 is 11.5 Å². The fourth-order valence-corrected chi connectivity index (χ4v) is 1.88. The predicted molar refractivity (Wildman–Crippen MR) is 50.1 cm³/mol. The molecule has 2 rings (SSSR count). The largest absolute Gasteiger partial charge is 0.505 e. The van der Waals surface area contributed by atoms with Crippen LogP contribution in [0.3, 0.4) is 0 Å². The van der Waals surface area contributed by atoms with E-state index in [1.54, 1.807) is 0 Å². The molecule has 0 aliphatic heterocycles. The molecule has 2 aromatic rings. The second-order valence-electron chi connectivity index (χ2n) is 2.53. The van der Waals surface area contributed by atoms with Crippen molar-refractivity contribution in [2.24, 2.45) is 0 Å². The molecular weight excluding hydrogens is 193 g/mol. The summed E-state index contributed by atoms with van der Waals surface area (Å²) in [6, 6.07) is 1.12. The molecule has 0 fully saturated rings. The number of phenols is 1. The van der Waals surface area contributed by atoms with Gasteiger partial charge in [-0.15, -0.1) is 0 Å². The first-order valence-electron chi connectivity index (χ1n) is 3.42. The van der Waals surface area contributed by atoms with Crippen LogP contribution in [0.2, 0.25) is 0 Å². The molecule has 1 aromatic carbocycles. The average molecular weight is 199 g/mol. The number of halogens is 1. The molecule has 1 aromatic heterocycles.